The average molecular weight is 331 g/mol. The van der Waals surface area contributed by atoms with Crippen molar-refractivity contribution in [2.45, 2.75) is 32.9 Å². The summed E-state index contributed by atoms with van der Waals surface area (Å²) in [5.74, 6) is 0.0253. The highest BCUT2D eigenvalue weighted by Crippen LogP contribution is 2.17. The molecule has 0 radical (unpaired) electrons. The molecule has 1 unspecified atom stereocenters. The van der Waals surface area contributed by atoms with Crippen LogP contribution in [-0.4, -0.2) is 52.1 Å². The number of nitrogens with zero attached hydrogens (tertiary/aromatic N) is 2. The molecule has 2 N–H and O–H groups in total. The van der Waals surface area contributed by atoms with E-state index < -0.39 is 5.97 Å². The van der Waals surface area contributed by atoms with Gasteiger partial charge in [-0.15, -0.1) is 11.3 Å². The van der Waals surface area contributed by atoms with Gasteiger partial charge in [0, 0.05) is 13.1 Å². The summed E-state index contributed by atoms with van der Waals surface area (Å²) < 4.78 is 0. The predicted molar refractivity (Wildman–Crippen MR) is 86.3 cm³/mol. The number of aromatic nitrogens is 1. The van der Waals surface area contributed by atoms with Gasteiger partial charge in [0.05, 0.1) is 12.2 Å². The summed E-state index contributed by atoms with van der Waals surface area (Å²) in [5.41, 5.74) is 0.485. The molecule has 1 rings (SSSR count). The smallest absolute Gasteiger partial charge is 0.347 e. The van der Waals surface area contributed by atoms with Crippen molar-refractivity contribution in [3.8, 4) is 0 Å². The van der Waals surface area contributed by atoms with Gasteiger partial charge in [-0.2, -0.15) is 11.8 Å². The van der Waals surface area contributed by atoms with Crippen molar-refractivity contribution in [3.63, 3.8) is 0 Å². The van der Waals surface area contributed by atoms with Crippen molar-refractivity contribution in [2.75, 3.05) is 19.1 Å². The van der Waals surface area contributed by atoms with E-state index in [1.807, 2.05) is 13.2 Å². The van der Waals surface area contributed by atoms with Crippen molar-refractivity contribution in [3.05, 3.63) is 15.6 Å². The van der Waals surface area contributed by atoms with E-state index >= 15 is 0 Å². The lowest BCUT2D eigenvalue weighted by atomic mass is 10.2. The van der Waals surface area contributed by atoms with Crippen LogP contribution >= 0.6 is 23.1 Å². The number of nitrogens with one attached hydrogen (secondary N) is 1. The van der Waals surface area contributed by atoms with Crippen LogP contribution in [0.25, 0.3) is 0 Å². The summed E-state index contributed by atoms with van der Waals surface area (Å²) in [5, 5.41) is 12.3. The lowest BCUT2D eigenvalue weighted by Crippen LogP contribution is -2.42. The Morgan fingerprint density at radius 2 is 2.19 bits per heavy atom. The van der Waals surface area contributed by atoms with E-state index in [1.165, 1.54) is 0 Å². The van der Waals surface area contributed by atoms with Crippen LogP contribution in [0.4, 0.5) is 4.79 Å². The Morgan fingerprint density at radius 3 is 2.71 bits per heavy atom. The normalized spacial score (nSPS) is 12.0. The molecule has 0 aromatic carbocycles. The summed E-state index contributed by atoms with van der Waals surface area (Å²) in [7, 11) is 1.76. The maximum Gasteiger partial charge on any atom is 0.347 e. The molecule has 0 spiro atoms. The maximum absolute atomic E-state index is 12.0. The molecular formula is C13H21N3O3S2. The fraction of sp³-hybridized carbons (Fsp3) is 0.615. The highest BCUT2D eigenvalue weighted by Gasteiger charge is 2.17. The molecule has 1 atom stereocenters. The first kappa shape index (κ1) is 17.8. The van der Waals surface area contributed by atoms with Gasteiger partial charge in [-0.05, 0) is 32.3 Å². The van der Waals surface area contributed by atoms with E-state index in [4.69, 9.17) is 5.11 Å². The van der Waals surface area contributed by atoms with Crippen molar-refractivity contribution < 1.29 is 14.7 Å². The molecule has 0 aliphatic rings. The molecule has 1 aromatic heterocycles. The molecule has 2 amide bonds. The van der Waals surface area contributed by atoms with Gasteiger partial charge in [0.15, 0.2) is 0 Å². The second-order valence-electron chi connectivity index (χ2n) is 4.73. The minimum absolute atomic E-state index is 0.157. The first-order valence-electron chi connectivity index (χ1n) is 6.56. The molecule has 0 bridgehead atoms. The molecule has 0 aliphatic heterocycles. The zero-order valence-electron chi connectivity index (χ0n) is 12.7. The van der Waals surface area contributed by atoms with E-state index in [2.05, 4.69) is 10.3 Å². The summed E-state index contributed by atoms with van der Waals surface area (Å²) >= 11 is 2.85. The quantitative estimate of drug-likeness (QED) is 0.802. The molecule has 0 aliphatic carbocycles. The third-order valence-electron chi connectivity index (χ3n) is 3.15. The zero-order valence-corrected chi connectivity index (χ0v) is 14.3. The first-order valence-corrected chi connectivity index (χ1v) is 8.77. The van der Waals surface area contributed by atoms with Gasteiger partial charge in [-0.25, -0.2) is 14.6 Å². The SMILES string of the molecule is CSCCC(C)N(C)C(=O)NCc1nc(C)c(C(=O)O)s1. The molecule has 8 heteroatoms. The van der Waals surface area contributed by atoms with Crippen LogP contribution in [0.15, 0.2) is 0 Å². The van der Waals surface area contributed by atoms with Crippen LogP contribution in [0, 0.1) is 6.92 Å². The number of thioether (sulfide) groups is 1. The Kier molecular flexibility index (Phi) is 6.97. The molecule has 1 aromatic rings. The van der Waals surface area contributed by atoms with E-state index in [0.717, 1.165) is 23.5 Å². The predicted octanol–water partition coefficient (Wildman–Crippen LogP) is 2.43. The number of amides is 2. The minimum atomic E-state index is -0.981. The number of thiazole rings is 1. The molecule has 0 saturated heterocycles. The Labute approximate surface area is 132 Å². The molecule has 6 nitrogen and oxygen atoms in total. The lowest BCUT2D eigenvalue weighted by Gasteiger charge is -2.24. The lowest BCUT2D eigenvalue weighted by molar-refractivity contribution is 0.0701. The monoisotopic (exact) mass is 331 g/mol. The highest BCUT2D eigenvalue weighted by molar-refractivity contribution is 7.98. The van der Waals surface area contributed by atoms with Crippen molar-refractivity contribution in [1.82, 2.24) is 15.2 Å². The number of carbonyl (C=O) groups excluding carboxylic acids is 1. The van der Waals surface area contributed by atoms with Crippen LogP contribution in [0.3, 0.4) is 0 Å². The summed E-state index contributed by atoms with van der Waals surface area (Å²) in [6, 6.07) is -0.0154. The molecular weight excluding hydrogens is 310 g/mol. The van der Waals surface area contributed by atoms with Crippen molar-refractivity contribution >= 4 is 35.1 Å². The Bertz CT molecular complexity index is 505. The average Bonchev–Trinajstić information content (AvgIpc) is 2.82. The minimum Gasteiger partial charge on any atom is -0.477 e. The topological polar surface area (TPSA) is 82.5 Å². The molecule has 1 heterocycles. The summed E-state index contributed by atoms with van der Waals surface area (Å²) in [4.78, 5) is 29.0. The molecule has 21 heavy (non-hydrogen) atoms. The van der Waals surface area contributed by atoms with Gasteiger partial charge >= 0.3 is 12.0 Å². The Balaban J connectivity index is 2.52. The maximum atomic E-state index is 12.0. The highest BCUT2D eigenvalue weighted by atomic mass is 32.2. The van der Waals surface area contributed by atoms with Crippen LogP contribution in [0.1, 0.15) is 33.7 Å². The number of carboxylic acid groups (broad SMARTS) is 1. The van der Waals surface area contributed by atoms with E-state index in [-0.39, 0.29) is 23.5 Å². The largest absolute Gasteiger partial charge is 0.477 e. The summed E-state index contributed by atoms with van der Waals surface area (Å²) in [6.07, 6.45) is 2.97. The fourth-order valence-corrected chi connectivity index (χ4v) is 3.10. The van der Waals surface area contributed by atoms with E-state index in [1.54, 1.807) is 30.6 Å². The Morgan fingerprint density at radius 1 is 1.52 bits per heavy atom. The third kappa shape index (κ3) is 5.20. The summed E-state index contributed by atoms with van der Waals surface area (Å²) in [6.45, 7) is 3.91. The number of carboxylic acids is 1. The van der Waals surface area contributed by atoms with E-state index in [9.17, 15) is 9.59 Å². The van der Waals surface area contributed by atoms with Crippen LogP contribution in [0.5, 0.6) is 0 Å². The van der Waals surface area contributed by atoms with Gasteiger partial charge in [0.1, 0.15) is 9.88 Å². The number of hydrogen-bond acceptors (Lipinski definition) is 5. The second-order valence-corrected chi connectivity index (χ2v) is 6.80. The number of aromatic carboxylic acids is 1. The standard InChI is InChI=1S/C13H21N3O3S2/c1-8(5-6-20-4)16(3)13(19)14-7-10-15-9(2)11(21-10)12(17)18/h8H,5-7H2,1-4H3,(H,14,19)(H,17,18). The number of aryl methyl sites for hydroxylation is 1. The number of hydrogen-bond donors (Lipinski definition) is 2. The Hall–Kier alpha value is -1.28. The van der Waals surface area contributed by atoms with Gasteiger partial charge in [0.2, 0.25) is 0 Å². The molecule has 0 saturated carbocycles. The first-order chi connectivity index (χ1) is 9.86. The third-order valence-corrected chi connectivity index (χ3v) is 4.94. The number of urea groups is 1. The van der Waals surface area contributed by atoms with Crippen molar-refractivity contribution in [2.24, 2.45) is 0 Å². The van der Waals surface area contributed by atoms with Gasteiger partial charge in [0.25, 0.3) is 0 Å². The van der Waals surface area contributed by atoms with Gasteiger partial charge in [-0.1, -0.05) is 0 Å². The van der Waals surface area contributed by atoms with Crippen molar-refractivity contribution in [1.29, 1.82) is 0 Å². The van der Waals surface area contributed by atoms with Gasteiger partial charge < -0.3 is 15.3 Å². The van der Waals surface area contributed by atoms with Crippen LogP contribution < -0.4 is 5.32 Å². The number of carbonyl (C=O) groups is 2. The number of rotatable bonds is 7. The van der Waals surface area contributed by atoms with Crippen LogP contribution in [0.2, 0.25) is 0 Å². The molecule has 0 fully saturated rings. The van der Waals surface area contributed by atoms with E-state index in [0.29, 0.717) is 10.7 Å². The second kappa shape index (κ2) is 8.23. The molecule has 118 valence electrons. The fourth-order valence-electron chi connectivity index (χ4n) is 1.68. The van der Waals surface area contributed by atoms with Crippen LogP contribution in [-0.2, 0) is 6.54 Å². The van der Waals surface area contributed by atoms with Gasteiger partial charge in [-0.3, -0.25) is 0 Å². The zero-order chi connectivity index (χ0) is 16.0.